The van der Waals surface area contributed by atoms with Crippen molar-refractivity contribution in [3.05, 3.63) is 11.3 Å². The van der Waals surface area contributed by atoms with Gasteiger partial charge in [0, 0.05) is 11.3 Å². The molecule has 0 aliphatic rings. The maximum atomic E-state index is 9.26. The number of aromatic nitrogens is 2. The monoisotopic (exact) mass is 258 g/mol. The highest BCUT2D eigenvalue weighted by atomic mass is 16.5. The molecule has 1 rings (SSSR count). The van der Waals surface area contributed by atoms with Gasteiger partial charge < -0.3 is 9.84 Å². The van der Waals surface area contributed by atoms with Crippen LogP contribution in [0.2, 0.25) is 0 Å². The highest BCUT2D eigenvalue weighted by molar-refractivity contribution is 5.28. The van der Waals surface area contributed by atoms with E-state index in [-0.39, 0.29) is 6.10 Å². The highest BCUT2D eigenvalue weighted by Gasteiger charge is 2.12. The SMILES string of the molecule is CC.CC.CCOc1nn(C[C@@H](C)O)c(C)c1C. The molecule has 1 heterocycles. The second-order valence-corrected chi connectivity index (χ2v) is 3.48. The average molecular weight is 258 g/mol. The first kappa shape index (κ1) is 19.3. The highest BCUT2D eigenvalue weighted by Crippen LogP contribution is 2.19. The number of rotatable bonds is 4. The van der Waals surface area contributed by atoms with E-state index in [1.807, 2.05) is 48.5 Å². The molecule has 0 radical (unpaired) electrons. The number of nitrogens with zero attached hydrogens (tertiary/aromatic N) is 2. The summed E-state index contributed by atoms with van der Waals surface area (Å²) >= 11 is 0. The van der Waals surface area contributed by atoms with Crippen LogP contribution in [0.1, 0.15) is 52.8 Å². The molecule has 4 nitrogen and oxygen atoms in total. The van der Waals surface area contributed by atoms with Crippen LogP contribution < -0.4 is 4.74 Å². The molecule has 1 atom stereocenters. The molecule has 0 aliphatic heterocycles. The van der Waals surface area contributed by atoms with Gasteiger partial charge in [0.15, 0.2) is 0 Å². The summed E-state index contributed by atoms with van der Waals surface area (Å²) in [5.41, 5.74) is 2.10. The van der Waals surface area contributed by atoms with Crippen molar-refractivity contribution in [2.75, 3.05) is 6.61 Å². The molecule has 0 saturated heterocycles. The molecule has 18 heavy (non-hydrogen) atoms. The van der Waals surface area contributed by atoms with Crippen molar-refractivity contribution in [1.29, 1.82) is 0 Å². The Morgan fingerprint density at radius 3 is 2.11 bits per heavy atom. The Balaban J connectivity index is 0. The lowest BCUT2D eigenvalue weighted by Gasteiger charge is -2.05. The second kappa shape index (κ2) is 11.1. The summed E-state index contributed by atoms with van der Waals surface area (Å²) in [7, 11) is 0. The second-order valence-electron chi connectivity index (χ2n) is 3.48. The fraction of sp³-hybridized carbons (Fsp3) is 0.786. The van der Waals surface area contributed by atoms with Gasteiger partial charge in [-0.3, -0.25) is 4.68 Å². The van der Waals surface area contributed by atoms with E-state index in [2.05, 4.69) is 5.10 Å². The molecule has 1 N–H and O–H groups in total. The van der Waals surface area contributed by atoms with Crippen LogP contribution in [-0.4, -0.2) is 27.6 Å². The third-order valence-electron chi connectivity index (χ3n) is 2.18. The molecule has 0 aromatic carbocycles. The van der Waals surface area contributed by atoms with Gasteiger partial charge in [-0.05, 0) is 27.7 Å². The Labute approximate surface area is 112 Å². The lowest BCUT2D eigenvalue weighted by molar-refractivity contribution is 0.166. The molecular formula is C14H30N2O2. The van der Waals surface area contributed by atoms with E-state index in [1.165, 1.54) is 0 Å². The van der Waals surface area contributed by atoms with Crippen molar-refractivity contribution in [1.82, 2.24) is 9.78 Å². The summed E-state index contributed by atoms with van der Waals surface area (Å²) in [6.07, 6.45) is -0.387. The van der Waals surface area contributed by atoms with Gasteiger partial charge in [-0.15, -0.1) is 5.10 Å². The van der Waals surface area contributed by atoms with E-state index in [4.69, 9.17) is 4.74 Å². The number of ether oxygens (including phenoxy) is 1. The molecule has 0 fully saturated rings. The normalized spacial score (nSPS) is 10.7. The van der Waals surface area contributed by atoms with Crippen LogP contribution in [-0.2, 0) is 6.54 Å². The van der Waals surface area contributed by atoms with Crippen LogP contribution in [0.5, 0.6) is 5.88 Å². The zero-order chi connectivity index (χ0) is 14.7. The summed E-state index contributed by atoms with van der Waals surface area (Å²) in [6.45, 7) is 16.8. The van der Waals surface area contributed by atoms with E-state index < -0.39 is 0 Å². The lowest BCUT2D eigenvalue weighted by Crippen LogP contribution is -2.14. The molecule has 0 aliphatic carbocycles. The van der Waals surface area contributed by atoms with Gasteiger partial charge in [0.1, 0.15) is 0 Å². The predicted octanol–water partition coefficient (Wildman–Crippen LogP) is 3.33. The first-order chi connectivity index (χ1) is 8.56. The fourth-order valence-corrected chi connectivity index (χ4v) is 1.31. The molecule has 0 saturated carbocycles. The van der Waals surface area contributed by atoms with E-state index >= 15 is 0 Å². The molecule has 0 bridgehead atoms. The average Bonchev–Trinajstić information content (AvgIpc) is 2.63. The number of aliphatic hydroxyl groups excluding tert-OH is 1. The summed E-state index contributed by atoms with van der Waals surface area (Å²) in [4.78, 5) is 0. The molecule has 0 amide bonds. The first-order valence-electron chi connectivity index (χ1n) is 6.91. The summed E-state index contributed by atoms with van der Waals surface area (Å²) in [5, 5.41) is 13.5. The fourth-order valence-electron chi connectivity index (χ4n) is 1.31. The van der Waals surface area contributed by atoms with Gasteiger partial charge in [0.2, 0.25) is 5.88 Å². The Morgan fingerprint density at radius 1 is 1.22 bits per heavy atom. The largest absolute Gasteiger partial charge is 0.477 e. The van der Waals surface area contributed by atoms with Gasteiger partial charge in [-0.25, -0.2) is 0 Å². The molecule has 108 valence electrons. The minimum Gasteiger partial charge on any atom is -0.477 e. The third kappa shape index (κ3) is 6.05. The van der Waals surface area contributed by atoms with Crippen molar-refractivity contribution in [2.45, 2.75) is 68.0 Å². The van der Waals surface area contributed by atoms with Crippen LogP contribution >= 0.6 is 0 Å². The minimum absolute atomic E-state index is 0.387. The van der Waals surface area contributed by atoms with Crippen LogP contribution in [0.3, 0.4) is 0 Å². The van der Waals surface area contributed by atoms with Crippen LogP contribution in [0.25, 0.3) is 0 Å². The number of hydrogen-bond donors (Lipinski definition) is 1. The van der Waals surface area contributed by atoms with Crippen LogP contribution in [0, 0.1) is 13.8 Å². The quantitative estimate of drug-likeness (QED) is 0.901. The zero-order valence-corrected chi connectivity index (χ0v) is 13.2. The predicted molar refractivity (Wildman–Crippen MR) is 77.2 cm³/mol. The molecule has 0 spiro atoms. The van der Waals surface area contributed by atoms with Crippen LogP contribution in [0.15, 0.2) is 0 Å². The maximum Gasteiger partial charge on any atom is 0.235 e. The molecule has 4 heteroatoms. The minimum atomic E-state index is -0.387. The maximum absolute atomic E-state index is 9.26. The topological polar surface area (TPSA) is 47.3 Å². The summed E-state index contributed by atoms with van der Waals surface area (Å²) in [6, 6.07) is 0. The Bertz CT molecular complexity index is 307. The molecule has 0 unspecified atom stereocenters. The molecular weight excluding hydrogens is 228 g/mol. The van der Waals surface area contributed by atoms with Crippen molar-refractivity contribution in [2.24, 2.45) is 0 Å². The smallest absolute Gasteiger partial charge is 0.235 e. The molecule has 1 aromatic heterocycles. The first-order valence-corrected chi connectivity index (χ1v) is 6.91. The lowest BCUT2D eigenvalue weighted by atomic mass is 10.3. The van der Waals surface area contributed by atoms with E-state index in [0.717, 1.165) is 11.3 Å². The third-order valence-corrected chi connectivity index (χ3v) is 2.18. The van der Waals surface area contributed by atoms with E-state index in [1.54, 1.807) is 11.6 Å². The van der Waals surface area contributed by atoms with Gasteiger partial charge in [0.25, 0.3) is 0 Å². The Morgan fingerprint density at radius 2 is 1.72 bits per heavy atom. The van der Waals surface area contributed by atoms with Crippen molar-refractivity contribution >= 4 is 0 Å². The van der Waals surface area contributed by atoms with E-state index in [0.29, 0.717) is 19.0 Å². The van der Waals surface area contributed by atoms with Gasteiger partial charge in [0.05, 0.1) is 19.3 Å². The number of hydrogen-bond acceptors (Lipinski definition) is 3. The Hall–Kier alpha value is -1.03. The van der Waals surface area contributed by atoms with Gasteiger partial charge in [-0.2, -0.15) is 0 Å². The van der Waals surface area contributed by atoms with Gasteiger partial charge >= 0.3 is 0 Å². The molecule has 1 aromatic rings. The van der Waals surface area contributed by atoms with Gasteiger partial charge in [-0.1, -0.05) is 27.7 Å². The Kier molecular flexibility index (Phi) is 11.9. The zero-order valence-electron chi connectivity index (χ0n) is 13.2. The standard InChI is InChI=1S/C10H18N2O2.2C2H6/c1-5-14-10-8(3)9(4)12(11-10)6-7(2)13;2*1-2/h7,13H,5-6H2,1-4H3;2*1-2H3/t7-;;/m1../s1. The van der Waals surface area contributed by atoms with Crippen molar-refractivity contribution < 1.29 is 9.84 Å². The summed E-state index contributed by atoms with van der Waals surface area (Å²) < 4.78 is 7.15. The summed E-state index contributed by atoms with van der Waals surface area (Å²) in [5.74, 6) is 0.672. The van der Waals surface area contributed by atoms with Crippen molar-refractivity contribution in [3.63, 3.8) is 0 Å². The number of aliphatic hydroxyl groups is 1. The van der Waals surface area contributed by atoms with Crippen molar-refractivity contribution in [3.8, 4) is 5.88 Å². The van der Waals surface area contributed by atoms with E-state index in [9.17, 15) is 5.11 Å². The van der Waals surface area contributed by atoms with Crippen LogP contribution in [0.4, 0.5) is 0 Å².